The number of anilines is 1. The van der Waals surface area contributed by atoms with Crippen molar-refractivity contribution >= 4 is 28.3 Å². The zero-order chi connectivity index (χ0) is 23.4. The van der Waals surface area contributed by atoms with Gasteiger partial charge in [0.2, 0.25) is 11.3 Å². The minimum atomic E-state index is -0.372. The SMILES string of the molecule is CCc1ccc2c(c1)c(=O)c(C(=O)c1ccccc1)cn2CC(=O)Nc1ccccc1OC. The van der Waals surface area contributed by atoms with Gasteiger partial charge in [-0.15, -0.1) is 0 Å². The monoisotopic (exact) mass is 440 g/mol. The van der Waals surface area contributed by atoms with Gasteiger partial charge in [0.1, 0.15) is 12.3 Å². The summed E-state index contributed by atoms with van der Waals surface area (Å²) in [5, 5.41) is 3.26. The standard InChI is InChI=1S/C27H24N2O4/c1-3-18-13-14-23-20(15-18)27(32)21(26(31)19-9-5-4-6-10-19)16-29(23)17-25(30)28-22-11-7-8-12-24(22)33-2/h4-16H,3,17H2,1-2H3,(H,28,30). The van der Waals surface area contributed by atoms with Gasteiger partial charge >= 0.3 is 0 Å². The quantitative estimate of drug-likeness (QED) is 0.431. The average Bonchev–Trinajstić information content (AvgIpc) is 2.85. The molecule has 4 rings (SSSR count). The molecule has 1 aromatic heterocycles. The lowest BCUT2D eigenvalue weighted by Gasteiger charge is -2.15. The van der Waals surface area contributed by atoms with Crippen molar-refractivity contribution in [1.82, 2.24) is 4.57 Å². The fraction of sp³-hybridized carbons (Fsp3) is 0.148. The van der Waals surface area contributed by atoms with Crippen molar-refractivity contribution in [2.24, 2.45) is 0 Å². The summed E-state index contributed by atoms with van der Waals surface area (Å²) in [6, 6.07) is 21.3. The summed E-state index contributed by atoms with van der Waals surface area (Å²) in [5.41, 5.74) is 2.24. The molecule has 0 unspecified atom stereocenters. The summed E-state index contributed by atoms with van der Waals surface area (Å²) in [5.74, 6) is -0.131. The van der Waals surface area contributed by atoms with Crippen LogP contribution in [0.25, 0.3) is 10.9 Å². The highest BCUT2D eigenvalue weighted by Gasteiger charge is 2.18. The van der Waals surface area contributed by atoms with Crippen LogP contribution in [-0.2, 0) is 17.8 Å². The van der Waals surface area contributed by atoms with E-state index in [-0.39, 0.29) is 29.2 Å². The highest BCUT2D eigenvalue weighted by molar-refractivity contribution is 6.10. The number of nitrogens with one attached hydrogen (secondary N) is 1. The van der Waals surface area contributed by atoms with Gasteiger partial charge in [0.25, 0.3) is 0 Å². The molecule has 0 radical (unpaired) electrons. The van der Waals surface area contributed by atoms with E-state index in [0.29, 0.717) is 27.9 Å². The van der Waals surface area contributed by atoms with E-state index in [9.17, 15) is 14.4 Å². The topological polar surface area (TPSA) is 77.4 Å². The van der Waals surface area contributed by atoms with E-state index in [1.165, 1.54) is 13.3 Å². The molecular formula is C27H24N2O4. The third kappa shape index (κ3) is 4.55. The van der Waals surface area contributed by atoms with Gasteiger partial charge in [-0.25, -0.2) is 0 Å². The van der Waals surface area contributed by atoms with Gasteiger partial charge in [-0.05, 0) is 36.2 Å². The Hall–Kier alpha value is -4.19. The summed E-state index contributed by atoms with van der Waals surface area (Å²) in [6.07, 6.45) is 2.23. The number of aromatic nitrogens is 1. The third-order valence-electron chi connectivity index (χ3n) is 5.53. The number of amides is 1. The summed E-state index contributed by atoms with van der Waals surface area (Å²) >= 11 is 0. The van der Waals surface area contributed by atoms with Gasteiger partial charge in [-0.3, -0.25) is 14.4 Å². The van der Waals surface area contributed by atoms with Crippen LogP contribution in [0.1, 0.15) is 28.4 Å². The van der Waals surface area contributed by atoms with E-state index in [1.54, 1.807) is 53.1 Å². The lowest BCUT2D eigenvalue weighted by molar-refractivity contribution is -0.116. The molecule has 0 saturated carbocycles. The summed E-state index contributed by atoms with van der Waals surface area (Å²) < 4.78 is 6.95. The predicted octanol–water partition coefficient (Wildman–Crippen LogP) is 4.44. The normalized spacial score (nSPS) is 10.7. The third-order valence-corrected chi connectivity index (χ3v) is 5.53. The van der Waals surface area contributed by atoms with Crippen molar-refractivity contribution < 1.29 is 14.3 Å². The number of methoxy groups -OCH3 is 1. The average molecular weight is 440 g/mol. The maximum Gasteiger partial charge on any atom is 0.244 e. The van der Waals surface area contributed by atoms with Crippen molar-refractivity contribution in [3.8, 4) is 5.75 Å². The van der Waals surface area contributed by atoms with Gasteiger partial charge in [0, 0.05) is 17.1 Å². The van der Waals surface area contributed by atoms with E-state index < -0.39 is 0 Å². The Kier molecular flexibility index (Phi) is 6.36. The number of benzene rings is 3. The second kappa shape index (κ2) is 9.53. The molecule has 33 heavy (non-hydrogen) atoms. The summed E-state index contributed by atoms with van der Waals surface area (Å²) in [7, 11) is 1.53. The molecule has 0 bridgehead atoms. The largest absolute Gasteiger partial charge is 0.495 e. The molecule has 6 nitrogen and oxygen atoms in total. The first kappa shape index (κ1) is 22.0. The van der Waals surface area contributed by atoms with E-state index in [4.69, 9.17) is 4.74 Å². The Labute approximate surface area is 191 Å². The second-order valence-electron chi connectivity index (χ2n) is 7.65. The van der Waals surface area contributed by atoms with E-state index in [0.717, 1.165) is 12.0 Å². The van der Waals surface area contributed by atoms with Crippen LogP contribution >= 0.6 is 0 Å². The van der Waals surface area contributed by atoms with E-state index in [1.807, 2.05) is 31.2 Å². The van der Waals surface area contributed by atoms with Gasteiger partial charge in [0.05, 0.1) is 23.9 Å². The van der Waals surface area contributed by atoms with Crippen LogP contribution in [0.5, 0.6) is 5.75 Å². The maximum atomic E-state index is 13.3. The molecular weight excluding hydrogens is 416 g/mol. The number of pyridine rings is 1. The van der Waals surface area contributed by atoms with Crippen LogP contribution in [0.4, 0.5) is 5.69 Å². The Morgan fingerprint density at radius 1 is 0.970 bits per heavy atom. The molecule has 1 amide bonds. The van der Waals surface area contributed by atoms with E-state index >= 15 is 0 Å². The molecule has 6 heteroatoms. The molecule has 0 spiro atoms. The van der Waals surface area contributed by atoms with Crippen molar-refractivity contribution in [2.45, 2.75) is 19.9 Å². The fourth-order valence-electron chi connectivity index (χ4n) is 3.79. The number of ether oxygens (including phenoxy) is 1. The molecule has 0 saturated heterocycles. The van der Waals surface area contributed by atoms with Gasteiger partial charge < -0.3 is 14.6 Å². The first-order valence-electron chi connectivity index (χ1n) is 10.7. The molecule has 4 aromatic rings. The Balaban J connectivity index is 1.78. The smallest absolute Gasteiger partial charge is 0.244 e. The fourth-order valence-corrected chi connectivity index (χ4v) is 3.79. The number of carbonyl (C=O) groups is 2. The molecule has 166 valence electrons. The number of para-hydroxylation sites is 2. The van der Waals surface area contributed by atoms with Crippen molar-refractivity contribution in [3.63, 3.8) is 0 Å². The van der Waals surface area contributed by atoms with Gasteiger partial charge in [-0.2, -0.15) is 0 Å². The molecule has 0 aliphatic heterocycles. The number of nitrogens with zero attached hydrogens (tertiary/aromatic N) is 1. The number of fused-ring (bicyclic) bond motifs is 1. The Morgan fingerprint density at radius 2 is 1.70 bits per heavy atom. The van der Waals surface area contributed by atoms with Crippen LogP contribution in [-0.4, -0.2) is 23.4 Å². The van der Waals surface area contributed by atoms with Gasteiger partial charge in [-0.1, -0.05) is 55.5 Å². The Morgan fingerprint density at radius 3 is 2.42 bits per heavy atom. The zero-order valence-electron chi connectivity index (χ0n) is 18.5. The lowest BCUT2D eigenvalue weighted by Crippen LogP contribution is -2.24. The number of carbonyl (C=O) groups excluding carboxylic acids is 2. The number of hydrogen-bond acceptors (Lipinski definition) is 4. The highest BCUT2D eigenvalue weighted by atomic mass is 16.5. The van der Waals surface area contributed by atoms with Crippen LogP contribution in [0.3, 0.4) is 0 Å². The number of ketones is 1. The first-order chi connectivity index (χ1) is 16.0. The predicted molar refractivity (Wildman–Crippen MR) is 129 cm³/mol. The van der Waals surface area contributed by atoms with Crippen LogP contribution in [0.2, 0.25) is 0 Å². The Bertz CT molecular complexity index is 1390. The van der Waals surface area contributed by atoms with Crippen LogP contribution in [0, 0.1) is 0 Å². The number of hydrogen-bond donors (Lipinski definition) is 1. The molecule has 1 N–H and O–H groups in total. The number of rotatable bonds is 7. The van der Waals surface area contributed by atoms with Crippen molar-refractivity contribution in [3.05, 3.63) is 106 Å². The molecule has 0 atom stereocenters. The minimum absolute atomic E-state index is 0.0343. The van der Waals surface area contributed by atoms with Crippen LogP contribution < -0.4 is 15.5 Å². The molecule has 1 heterocycles. The molecule has 0 aliphatic carbocycles. The van der Waals surface area contributed by atoms with Crippen LogP contribution in [0.15, 0.2) is 83.8 Å². The van der Waals surface area contributed by atoms with E-state index in [2.05, 4.69) is 5.32 Å². The summed E-state index contributed by atoms with van der Waals surface area (Å²) in [4.78, 5) is 39.3. The second-order valence-corrected chi connectivity index (χ2v) is 7.65. The van der Waals surface area contributed by atoms with Crippen molar-refractivity contribution in [2.75, 3.05) is 12.4 Å². The maximum absolute atomic E-state index is 13.3. The lowest BCUT2D eigenvalue weighted by atomic mass is 10.0. The molecule has 3 aromatic carbocycles. The zero-order valence-corrected chi connectivity index (χ0v) is 18.5. The summed E-state index contributed by atoms with van der Waals surface area (Å²) in [6.45, 7) is 1.93. The molecule has 0 aliphatic rings. The van der Waals surface area contributed by atoms with Gasteiger partial charge in [0.15, 0.2) is 5.78 Å². The molecule has 0 fully saturated rings. The number of aryl methyl sites for hydroxylation is 1. The van der Waals surface area contributed by atoms with Crippen molar-refractivity contribution in [1.29, 1.82) is 0 Å². The first-order valence-corrected chi connectivity index (χ1v) is 10.7. The highest BCUT2D eigenvalue weighted by Crippen LogP contribution is 2.23. The minimum Gasteiger partial charge on any atom is -0.495 e.